The van der Waals surface area contributed by atoms with E-state index in [4.69, 9.17) is 0 Å². The van der Waals surface area contributed by atoms with Gasteiger partial charge in [0.2, 0.25) is 0 Å². The summed E-state index contributed by atoms with van der Waals surface area (Å²) in [5, 5.41) is 7.12. The van der Waals surface area contributed by atoms with Crippen molar-refractivity contribution in [1.29, 1.82) is 0 Å². The van der Waals surface area contributed by atoms with Crippen LogP contribution in [0.1, 0.15) is 36.2 Å². The molecular weight excluding hydrogens is 320 g/mol. The Morgan fingerprint density at radius 1 is 1.30 bits per heavy atom. The zero-order chi connectivity index (χ0) is 16.4. The molecule has 1 aromatic carbocycles. The molecule has 3 rings (SSSR count). The Labute approximate surface area is 137 Å². The van der Waals surface area contributed by atoms with Gasteiger partial charge in [-0.2, -0.15) is 13.9 Å². The Morgan fingerprint density at radius 3 is 2.61 bits per heavy atom. The number of carbonyl (C=O) groups is 1. The van der Waals surface area contributed by atoms with Gasteiger partial charge in [-0.1, -0.05) is 11.8 Å². The van der Waals surface area contributed by atoms with Gasteiger partial charge >= 0.3 is 0 Å². The van der Waals surface area contributed by atoms with Crippen molar-refractivity contribution in [3.63, 3.8) is 0 Å². The van der Waals surface area contributed by atoms with Crippen LogP contribution in [-0.2, 0) is 0 Å². The molecule has 7 heteroatoms. The Balaban J connectivity index is 1.68. The zero-order valence-electron chi connectivity index (χ0n) is 12.6. The zero-order valence-corrected chi connectivity index (χ0v) is 13.4. The van der Waals surface area contributed by atoms with E-state index in [1.54, 1.807) is 24.4 Å². The van der Waals surface area contributed by atoms with Crippen molar-refractivity contribution in [2.45, 2.75) is 36.5 Å². The van der Waals surface area contributed by atoms with Crippen LogP contribution in [0.15, 0.2) is 41.4 Å². The predicted molar refractivity (Wildman–Crippen MR) is 85.9 cm³/mol. The molecule has 1 fully saturated rings. The molecule has 1 aromatic heterocycles. The molecule has 2 aromatic rings. The SMILES string of the molecule is CC(C1CC1)n1nccc1NC(=O)c1ccc(SC(F)F)cc1. The van der Waals surface area contributed by atoms with E-state index in [0.29, 0.717) is 34.0 Å². The molecule has 0 saturated heterocycles. The molecule has 1 aliphatic carbocycles. The minimum Gasteiger partial charge on any atom is -0.307 e. The summed E-state index contributed by atoms with van der Waals surface area (Å²) in [6.07, 6.45) is 4.05. The number of thioether (sulfide) groups is 1. The summed E-state index contributed by atoms with van der Waals surface area (Å²) in [6, 6.07) is 8.16. The number of rotatable bonds is 6. The number of anilines is 1. The van der Waals surface area contributed by atoms with E-state index in [1.165, 1.54) is 25.0 Å². The highest BCUT2D eigenvalue weighted by Gasteiger charge is 2.30. The fraction of sp³-hybridized carbons (Fsp3) is 0.375. The maximum Gasteiger partial charge on any atom is 0.288 e. The molecule has 1 aliphatic rings. The van der Waals surface area contributed by atoms with Crippen LogP contribution in [0.5, 0.6) is 0 Å². The first-order chi connectivity index (χ1) is 11.0. The van der Waals surface area contributed by atoms with E-state index in [0.717, 1.165) is 0 Å². The van der Waals surface area contributed by atoms with E-state index >= 15 is 0 Å². The van der Waals surface area contributed by atoms with E-state index < -0.39 is 5.76 Å². The van der Waals surface area contributed by atoms with Crippen LogP contribution in [0.2, 0.25) is 0 Å². The highest BCUT2D eigenvalue weighted by atomic mass is 32.2. The maximum atomic E-state index is 12.3. The number of alkyl halides is 2. The number of halogens is 2. The highest BCUT2D eigenvalue weighted by molar-refractivity contribution is 7.99. The van der Waals surface area contributed by atoms with Gasteiger partial charge in [-0.05, 0) is 49.9 Å². The van der Waals surface area contributed by atoms with Gasteiger partial charge in [-0.15, -0.1) is 0 Å². The van der Waals surface area contributed by atoms with E-state index in [9.17, 15) is 13.6 Å². The third kappa shape index (κ3) is 3.90. The lowest BCUT2D eigenvalue weighted by atomic mass is 10.2. The normalized spacial score (nSPS) is 15.7. The second-order valence-electron chi connectivity index (χ2n) is 5.60. The van der Waals surface area contributed by atoms with Crippen molar-refractivity contribution >= 4 is 23.5 Å². The molecule has 0 aliphatic heterocycles. The number of nitrogens with zero attached hydrogens (tertiary/aromatic N) is 2. The van der Waals surface area contributed by atoms with Gasteiger partial charge < -0.3 is 5.32 Å². The smallest absolute Gasteiger partial charge is 0.288 e. The molecule has 0 radical (unpaired) electrons. The average molecular weight is 337 g/mol. The van der Waals surface area contributed by atoms with Crippen molar-refractivity contribution in [2.75, 3.05) is 5.32 Å². The molecule has 1 amide bonds. The first kappa shape index (κ1) is 16.0. The van der Waals surface area contributed by atoms with Crippen LogP contribution in [0.25, 0.3) is 0 Å². The lowest BCUT2D eigenvalue weighted by Crippen LogP contribution is -2.18. The van der Waals surface area contributed by atoms with Gasteiger partial charge in [0.25, 0.3) is 11.7 Å². The second-order valence-corrected chi connectivity index (χ2v) is 6.66. The van der Waals surface area contributed by atoms with Crippen LogP contribution in [0.4, 0.5) is 14.6 Å². The monoisotopic (exact) mass is 337 g/mol. The number of aromatic nitrogens is 2. The van der Waals surface area contributed by atoms with Crippen molar-refractivity contribution in [3.05, 3.63) is 42.1 Å². The summed E-state index contributed by atoms with van der Waals surface area (Å²) in [5.74, 6) is -1.46. The molecule has 1 unspecified atom stereocenters. The number of nitrogens with one attached hydrogen (secondary N) is 1. The number of hydrogen-bond acceptors (Lipinski definition) is 3. The van der Waals surface area contributed by atoms with Crippen LogP contribution >= 0.6 is 11.8 Å². The van der Waals surface area contributed by atoms with Gasteiger partial charge in [-0.25, -0.2) is 4.68 Å². The molecule has 1 atom stereocenters. The number of carbonyl (C=O) groups excluding carboxylic acids is 1. The predicted octanol–water partition coefficient (Wildman–Crippen LogP) is 4.42. The van der Waals surface area contributed by atoms with Crippen LogP contribution < -0.4 is 5.32 Å². The summed E-state index contributed by atoms with van der Waals surface area (Å²) < 4.78 is 26.4. The number of amides is 1. The summed E-state index contributed by atoms with van der Waals surface area (Å²) in [7, 11) is 0. The van der Waals surface area contributed by atoms with Gasteiger partial charge in [-0.3, -0.25) is 4.79 Å². The molecule has 1 saturated carbocycles. The third-order valence-corrected chi connectivity index (χ3v) is 4.67. The number of hydrogen-bond donors (Lipinski definition) is 1. The molecule has 122 valence electrons. The lowest BCUT2D eigenvalue weighted by molar-refractivity contribution is 0.102. The van der Waals surface area contributed by atoms with Crippen molar-refractivity contribution < 1.29 is 13.6 Å². The lowest BCUT2D eigenvalue weighted by Gasteiger charge is -2.15. The first-order valence-electron chi connectivity index (χ1n) is 7.44. The largest absolute Gasteiger partial charge is 0.307 e. The van der Waals surface area contributed by atoms with Gasteiger partial charge in [0.1, 0.15) is 5.82 Å². The Hall–Kier alpha value is -1.89. The molecule has 4 nitrogen and oxygen atoms in total. The van der Waals surface area contributed by atoms with E-state index in [2.05, 4.69) is 17.3 Å². The molecule has 1 heterocycles. The third-order valence-electron chi connectivity index (χ3n) is 3.94. The minimum absolute atomic E-state index is 0.255. The topological polar surface area (TPSA) is 46.9 Å². The minimum atomic E-state index is -2.46. The fourth-order valence-electron chi connectivity index (χ4n) is 2.49. The number of benzene rings is 1. The molecule has 1 N–H and O–H groups in total. The Bertz CT molecular complexity index is 683. The van der Waals surface area contributed by atoms with E-state index in [1.807, 2.05) is 4.68 Å². The Kier molecular flexibility index (Phi) is 4.66. The molecule has 0 spiro atoms. The van der Waals surface area contributed by atoms with Crippen LogP contribution in [0.3, 0.4) is 0 Å². The quantitative estimate of drug-likeness (QED) is 0.794. The summed E-state index contributed by atoms with van der Waals surface area (Å²) >= 11 is 0.462. The van der Waals surface area contributed by atoms with Crippen molar-refractivity contribution in [1.82, 2.24) is 9.78 Å². The van der Waals surface area contributed by atoms with Crippen LogP contribution in [0, 0.1) is 5.92 Å². The standard InChI is InChI=1S/C16H17F2N3OS/c1-10(11-2-3-11)21-14(8-9-19-21)20-15(22)12-4-6-13(7-5-12)23-16(17)18/h4-11,16H,2-3H2,1H3,(H,20,22). The summed E-state index contributed by atoms with van der Waals surface area (Å²) in [4.78, 5) is 12.7. The average Bonchev–Trinajstić information content (AvgIpc) is 3.27. The summed E-state index contributed by atoms with van der Waals surface area (Å²) in [6.45, 7) is 2.09. The van der Waals surface area contributed by atoms with Gasteiger partial charge in [0.05, 0.1) is 12.2 Å². The van der Waals surface area contributed by atoms with Crippen molar-refractivity contribution in [3.8, 4) is 0 Å². The van der Waals surface area contributed by atoms with Crippen molar-refractivity contribution in [2.24, 2.45) is 5.92 Å². The van der Waals surface area contributed by atoms with Gasteiger partial charge in [0.15, 0.2) is 0 Å². The fourth-order valence-corrected chi connectivity index (χ4v) is 2.99. The molecule has 23 heavy (non-hydrogen) atoms. The van der Waals surface area contributed by atoms with Crippen LogP contribution in [-0.4, -0.2) is 21.4 Å². The maximum absolute atomic E-state index is 12.3. The molecule has 0 bridgehead atoms. The first-order valence-corrected chi connectivity index (χ1v) is 8.32. The van der Waals surface area contributed by atoms with E-state index in [-0.39, 0.29) is 11.9 Å². The highest BCUT2D eigenvalue weighted by Crippen LogP contribution is 2.40. The Morgan fingerprint density at radius 2 is 2.00 bits per heavy atom. The summed E-state index contributed by atoms with van der Waals surface area (Å²) in [5.41, 5.74) is 0.426. The second kappa shape index (κ2) is 6.70. The van der Waals surface area contributed by atoms with Gasteiger partial charge in [0, 0.05) is 16.5 Å². The molecular formula is C16H17F2N3OS.